The maximum absolute atomic E-state index is 14.6. The summed E-state index contributed by atoms with van der Waals surface area (Å²) < 4.78 is 42.3. The van der Waals surface area contributed by atoms with Crippen LogP contribution in [0.3, 0.4) is 0 Å². The third-order valence-electron chi connectivity index (χ3n) is 8.02. The summed E-state index contributed by atoms with van der Waals surface area (Å²) in [7, 11) is 0. The Kier molecular flexibility index (Phi) is 12.7. The van der Waals surface area contributed by atoms with Crippen molar-refractivity contribution in [3.05, 3.63) is 12.4 Å². The number of rotatable bonds is 17. The van der Waals surface area contributed by atoms with E-state index < -0.39 is 60.9 Å². The van der Waals surface area contributed by atoms with Crippen molar-refractivity contribution >= 4 is 41.2 Å². The lowest BCUT2D eigenvalue weighted by Gasteiger charge is -2.27. The summed E-state index contributed by atoms with van der Waals surface area (Å²) in [5.74, 6) is 0.811. The van der Waals surface area contributed by atoms with Gasteiger partial charge < -0.3 is 34.1 Å². The van der Waals surface area contributed by atoms with Gasteiger partial charge in [0, 0.05) is 19.3 Å². The second-order valence-electron chi connectivity index (χ2n) is 11.5. The molecule has 0 saturated carbocycles. The van der Waals surface area contributed by atoms with Gasteiger partial charge in [-0.1, -0.05) is 70.6 Å². The number of hydrogen-bond acceptors (Lipinski definition) is 12. The fourth-order valence-corrected chi connectivity index (χ4v) is 5.51. The van der Waals surface area contributed by atoms with Gasteiger partial charge in [0.05, 0.1) is 12.9 Å². The Hall–Kier alpha value is -4.52. The van der Waals surface area contributed by atoms with Crippen LogP contribution in [-0.2, 0) is 33.3 Å². The van der Waals surface area contributed by atoms with Crippen LogP contribution in [0.5, 0.6) is 0 Å². The van der Waals surface area contributed by atoms with Crippen molar-refractivity contribution in [2.45, 2.75) is 114 Å². The molecule has 4 heterocycles. The maximum Gasteiger partial charge on any atom is 0.508 e. The predicted molar refractivity (Wildman–Crippen MR) is 161 cm³/mol. The first-order chi connectivity index (χ1) is 22.7. The fourth-order valence-electron chi connectivity index (χ4n) is 5.51. The number of nitrogens with zero attached hydrogens (tertiary/aromatic N) is 4. The van der Waals surface area contributed by atoms with E-state index >= 15 is 0 Å². The van der Waals surface area contributed by atoms with Crippen LogP contribution in [0.15, 0.2) is 6.33 Å². The molecule has 2 N–H and O–H groups in total. The molecule has 0 unspecified atom stereocenters. The Labute approximate surface area is 270 Å². The summed E-state index contributed by atoms with van der Waals surface area (Å²) in [4.78, 5) is 59.4. The second-order valence-corrected chi connectivity index (χ2v) is 11.5. The number of amides is 1. The third kappa shape index (κ3) is 9.50. The molecule has 1 amide bonds. The highest BCUT2D eigenvalue weighted by atomic mass is 19.1. The van der Waals surface area contributed by atoms with Crippen LogP contribution in [0.2, 0.25) is 0 Å². The minimum atomic E-state index is -1.87. The van der Waals surface area contributed by atoms with E-state index in [2.05, 4.69) is 33.1 Å². The number of anilines is 1. The maximum atomic E-state index is 14.6. The van der Waals surface area contributed by atoms with Crippen LogP contribution in [0, 0.1) is 18.4 Å². The Morgan fingerprint density at radius 2 is 1.83 bits per heavy atom. The Morgan fingerprint density at radius 3 is 2.47 bits per heavy atom. The van der Waals surface area contributed by atoms with Gasteiger partial charge in [-0.3, -0.25) is 14.2 Å². The molecule has 4 atom stereocenters. The summed E-state index contributed by atoms with van der Waals surface area (Å²) in [6.45, 7) is 1.62. The standard InChI is InChI=1S/C31H40FN5O10/c1-3-5-6-7-8-9-10-11-12-13-16-43-30(42)46-21-17-22(47-31(21,4-2)18-44-29(40)41)37-19-33-24-25(35-28(32)36-26(24)37)34-27(39)20-14-15-23(38)45-20/h2,19-22H,3,5-18H2,1H3,(H,40,41)(H,34,35,36,39)/t20-,21+,22-,31-/m1/s1. The fraction of sp³-hybridized carbons (Fsp3) is 0.645. The lowest BCUT2D eigenvalue weighted by molar-refractivity contribution is -0.146. The van der Waals surface area contributed by atoms with Gasteiger partial charge in [0.1, 0.15) is 12.8 Å². The van der Waals surface area contributed by atoms with E-state index in [0.29, 0.717) is 6.42 Å². The highest BCUT2D eigenvalue weighted by Gasteiger charge is 2.53. The van der Waals surface area contributed by atoms with Crippen LogP contribution in [0.25, 0.3) is 11.2 Å². The number of imidazole rings is 1. The predicted octanol–water partition coefficient (Wildman–Crippen LogP) is 5.04. The average molecular weight is 662 g/mol. The van der Waals surface area contributed by atoms with Crippen molar-refractivity contribution in [1.29, 1.82) is 0 Å². The molecule has 0 radical (unpaired) electrons. The van der Waals surface area contributed by atoms with E-state index in [1.807, 2.05) is 0 Å². The van der Waals surface area contributed by atoms with E-state index in [9.17, 15) is 23.6 Å². The monoisotopic (exact) mass is 661 g/mol. The van der Waals surface area contributed by atoms with E-state index in [0.717, 1.165) is 19.3 Å². The SMILES string of the molecule is C#C[C@]1(COC(=O)O)O[C@@H](n2cnc3c(NC(=O)[C@H]4CCC(=O)O4)nc(F)nc32)C[C@@H]1OC(=O)OCCCCCCCCCCCC. The Morgan fingerprint density at radius 1 is 1.13 bits per heavy atom. The molecule has 2 aromatic rings. The number of carbonyl (C=O) groups excluding carboxylic acids is 3. The summed E-state index contributed by atoms with van der Waals surface area (Å²) in [6.07, 6.45) is 10.9. The van der Waals surface area contributed by atoms with E-state index in [1.54, 1.807) is 0 Å². The number of nitrogens with one attached hydrogen (secondary N) is 1. The minimum absolute atomic E-state index is 0.0268. The van der Waals surface area contributed by atoms with Crippen LogP contribution in [0.1, 0.15) is 96.6 Å². The number of esters is 1. The van der Waals surface area contributed by atoms with Crippen molar-refractivity contribution in [2.24, 2.45) is 0 Å². The van der Waals surface area contributed by atoms with E-state index in [-0.39, 0.29) is 42.9 Å². The Balaban J connectivity index is 1.38. The number of ether oxygens (including phenoxy) is 5. The van der Waals surface area contributed by atoms with Gasteiger partial charge in [-0.25, -0.2) is 14.6 Å². The molecule has 2 aliphatic rings. The van der Waals surface area contributed by atoms with Gasteiger partial charge in [-0.15, -0.1) is 6.42 Å². The van der Waals surface area contributed by atoms with Gasteiger partial charge >= 0.3 is 24.4 Å². The molecule has 2 aliphatic heterocycles. The van der Waals surface area contributed by atoms with Crippen molar-refractivity contribution in [1.82, 2.24) is 19.5 Å². The molecule has 0 spiro atoms. The minimum Gasteiger partial charge on any atom is -0.452 e. The summed E-state index contributed by atoms with van der Waals surface area (Å²) in [6, 6.07) is 0. The lowest BCUT2D eigenvalue weighted by Crippen LogP contribution is -2.45. The van der Waals surface area contributed by atoms with Crippen LogP contribution in [0.4, 0.5) is 19.8 Å². The smallest absolute Gasteiger partial charge is 0.452 e. The first kappa shape index (κ1) is 35.3. The molecular weight excluding hydrogens is 621 g/mol. The largest absolute Gasteiger partial charge is 0.508 e. The zero-order chi connectivity index (χ0) is 33.8. The van der Waals surface area contributed by atoms with Crippen LogP contribution in [-0.4, -0.2) is 79.8 Å². The van der Waals surface area contributed by atoms with Crippen molar-refractivity contribution in [3.63, 3.8) is 0 Å². The topological polar surface area (TPSA) is 190 Å². The molecule has 47 heavy (non-hydrogen) atoms. The molecule has 0 aromatic carbocycles. The molecule has 16 heteroatoms. The molecule has 2 fully saturated rings. The van der Waals surface area contributed by atoms with Gasteiger partial charge in [0.15, 0.2) is 29.2 Å². The molecule has 15 nitrogen and oxygen atoms in total. The third-order valence-corrected chi connectivity index (χ3v) is 8.02. The van der Waals surface area contributed by atoms with E-state index in [1.165, 1.54) is 49.4 Å². The normalized spacial score (nSPS) is 22.1. The number of carbonyl (C=O) groups is 4. The number of fused-ring (bicyclic) bond motifs is 1. The number of aromatic nitrogens is 4. The Bertz CT molecular complexity index is 1460. The van der Waals surface area contributed by atoms with Crippen LogP contribution < -0.4 is 5.32 Å². The number of terminal acetylenes is 1. The molecule has 256 valence electrons. The number of carboxylic acid groups (broad SMARTS) is 1. The summed E-state index contributed by atoms with van der Waals surface area (Å²) in [5, 5.41) is 11.5. The zero-order valence-corrected chi connectivity index (χ0v) is 26.3. The average Bonchev–Trinajstić information content (AvgIpc) is 3.76. The molecule has 2 aromatic heterocycles. The summed E-state index contributed by atoms with van der Waals surface area (Å²) in [5.41, 5.74) is -2.01. The quantitative estimate of drug-likeness (QED) is 0.0755. The molecule has 2 saturated heterocycles. The highest BCUT2D eigenvalue weighted by molar-refractivity contribution is 6.00. The van der Waals surface area contributed by atoms with Gasteiger partial charge in [-0.05, 0) is 6.42 Å². The number of cyclic esters (lactones) is 1. The van der Waals surface area contributed by atoms with Crippen LogP contribution >= 0.6 is 0 Å². The molecule has 0 bridgehead atoms. The first-order valence-corrected chi connectivity index (χ1v) is 15.9. The first-order valence-electron chi connectivity index (χ1n) is 15.9. The number of halogens is 1. The van der Waals surface area contributed by atoms with Gasteiger partial charge in [0.2, 0.25) is 5.60 Å². The highest BCUT2D eigenvalue weighted by Crippen LogP contribution is 2.40. The summed E-state index contributed by atoms with van der Waals surface area (Å²) >= 11 is 0. The second kappa shape index (κ2) is 16.9. The van der Waals surface area contributed by atoms with Crippen molar-refractivity contribution in [2.75, 3.05) is 18.5 Å². The number of hydrogen-bond donors (Lipinski definition) is 2. The molecular formula is C31H40FN5O10. The van der Waals surface area contributed by atoms with Crippen molar-refractivity contribution in [3.8, 4) is 12.3 Å². The number of unbranched alkanes of at least 4 members (excludes halogenated alkanes) is 9. The van der Waals surface area contributed by atoms with Gasteiger partial charge in [0.25, 0.3) is 5.91 Å². The molecule has 4 rings (SSSR count). The van der Waals surface area contributed by atoms with Gasteiger partial charge in [-0.2, -0.15) is 14.4 Å². The molecule has 0 aliphatic carbocycles. The van der Waals surface area contributed by atoms with E-state index in [4.69, 9.17) is 35.2 Å². The van der Waals surface area contributed by atoms with Crippen molar-refractivity contribution < 1.29 is 52.4 Å². The lowest BCUT2D eigenvalue weighted by atomic mass is 9.98. The zero-order valence-electron chi connectivity index (χ0n) is 26.3.